The fourth-order valence-electron chi connectivity index (χ4n) is 3.06. The van der Waals surface area contributed by atoms with E-state index in [1.54, 1.807) is 6.20 Å². The first-order valence-electron chi connectivity index (χ1n) is 7.94. The molecular weight excluding hydrogens is 260 g/mol. The molecule has 0 atom stereocenters. The summed E-state index contributed by atoms with van der Waals surface area (Å²) in [5.41, 5.74) is 8.74. The number of hydrogen-bond donors (Lipinski definition) is 2. The number of aromatic nitrogens is 1. The van der Waals surface area contributed by atoms with Crippen LogP contribution >= 0.6 is 0 Å². The lowest BCUT2D eigenvalue weighted by atomic mass is 10.1. The summed E-state index contributed by atoms with van der Waals surface area (Å²) in [5, 5.41) is 4.65. The number of benzene rings is 1. The first-order valence-corrected chi connectivity index (χ1v) is 7.94. The molecule has 1 aliphatic rings. The van der Waals surface area contributed by atoms with Crippen molar-refractivity contribution in [1.82, 2.24) is 9.88 Å². The van der Waals surface area contributed by atoms with E-state index in [1.807, 2.05) is 12.1 Å². The standard InChI is InChI=1S/C17H24N4/c18-15-7-8-16(14-6-5-9-20-17(14)15)19-10-13-21-11-3-1-2-4-12-21/h5-9,19H,1-4,10-13,18H2. The van der Waals surface area contributed by atoms with E-state index in [9.17, 15) is 0 Å². The molecule has 0 amide bonds. The van der Waals surface area contributed by atoms with Crippen LogP contribution in [-0.2, 0) is 0 Å². The number of nitrogens with two attached hydrogens (primary N) is 1. The molecule has 4 heteroatoms. The monoisotopic (exact) mass is 284 g/mol. The molecule has 0 saturated carbocycles. The molecule has 1 aromatic carbocycles. The average Bonchev–Trinajstić information content (AvgIpc) is 2.79. The zero-order chi connectivity index (χ0) is 14.5. The summed E-state index contributed by atoms with van der Waals surface area (Å²) in [4.78, 5) is 6.94. The predicted molar refractivity (Wildman–Crippen MR) is 89.6 cm³/mol. The number of rotatable bonds is 4. The van der Waals surface area contributed by atoms with Crippen LogP contribution in [0.3, 0.4) is 0 Å². The Morgan fingerprint density at radius 1 is 1.10 bits per heavy atom. The van der Waals surface area contributed by atoms with Crippen molar-refractivity contribution in [2.45, 2.75) is 25.7 Å². The minimum atomic E-state index is 0.740. The van der Waals surface area contributed by atoms with Crippen molar-refractivity contribution in [2.24, 2.45) is 0 Å². The van der Waals surface area contributed by atoms with E-state index in [1.165, 1.54) is 38.8 Å². The van der Waals surface area contributed by atoms with Crippen LogP contribution in [-0.4, -0.2) is 36.1 Å². The van der Waals surface area contributed by atoms with Crippen LogP contribution in [0.5, 0.6) is 0 Å². The third kappa shape index (κ3) is 3.45. The highest BCUT2D eigenvalue weighted by atomic mass is 15.1. The molecule has 4 nitrogen and oxygen atoms in total. The first kappa shape index (κ1) is 14.1. The Morgan fingerprint density at radius 2 is 1.90 bits per heavy atom. The lowest BCUT2D eigenvalue weighted by Crippen LogP contribution is -2.30. The first-order chi connectivity index (χ1) is 10.3. The zero-order valence-electron chi connectivity index (χ0n) is 12.5. The van der Waals surface area contributed by atoms with E-state index in [0.29, 0.717) is 0 Å². The summed E-state index contributed by atoms with van der Waals surface area (Å²) < 4.78 is 0. The number of fused-ring (bicyclic) bond motifs is 1. The Bertz CT molecular complexity index is 588. The number of anilines is 2. The fourth-order valence-corrected chi connectivity index (χ4v) is 3.06. The van der Waals surface area contributed by atoms with Gasteiger partial charge in [-0.3, -0.25) is 4.98 Å². The van der Waals surface area contributed by atoms with Gasteiger partial charge in [0.15, 0.2) is 0 Å². The van der Waals surface area contributed by atoms with Crippen molar-refractivity contribution in [3.63, 3.8) is 0 Å². The van der Waals surface area contributed by atoms with E-state index in [4.69, 9.17) is 5.73 Å². The van der Waals surface area contributed by atoms with E-state index < -0.39 is 0 Å². The van der Waals surface area contributed by atoms with Crippen LogP contribution in [0.25, 0.3) is 10.9 Å². The van der Waals surface area contributed by atoms with Crippen molar-refractivity contribution in [1.29, 1.82) is 0 Å². The third-order valence-electron chi connectivity index (χ3n) is 4.24. The van der Waals surface area contributed by atoms with Crippen LogP contribution in [0.2, 0.25) is 0 Å². The topological polar surface area (TPSA) is 54.2 Å². The molecule has 1 fully saturated rings. The van der Waals surface area contributed by atoms with Crippen LogP contribution in [0, 0.1) is 0 Å². The van der Waals surface area contributed by atoms with E-state index in [0.717, 1.165) is 35.4 Å². The van der Waals surface area contributed by atoms with Crippen LogP contribution in [0.1, 0.15) is 25.7 Å². The van der Waals surface area contributed by atoms with Gasteiger partial charge in [0, 0.05) is 30.4 Å². The number of nitrogen functional groups attached to an aromatic ring is 1. The Morgan fingerprint density at radius 3 is 2.71 bits per heavy atom. The molecule has 0 bridgehead atoms. The highest BCUT2D eigenvalue weighted by Gasteiger charge is 2.09. The quantitative estimate of drug-likeness (QED) is 0.847. The van der Waals surface area contributed by atoms with Gasteiger partial charge in [0.25, 0.3) is 0 Å². The normalized spacial score (nSPS) is 16.8. The lowest BCUT2D eigenvalue weighted by molar-refractivity contribution is 0.296. The maximum Gasteiger partial charge on any atom is 0.0951 e. The smallest absolute Gasteiger partial charge is 0.0951 e. The number of hydrogen-bond acceptors (Lipinski definition) is 4. The molecule has 1 aliphatic heterocycles. The molecule has 112 valence electrons. The molecule has 0 aliphatic carbocycles. The van der Waals surface area contributed by atoms with Crippen molar-refractivity contribution in [2.75, 3.05) is 37.2 Å². The van der Waals surface area contributed by atoms with Gasteiger partial charge in [-0.2, -0.15) is 0 Å². The van der Waals surface area contributed by atoms with E-state index >= 15 is 0 Å². The minimum Gasteiger partial charge on any atom is -0.397 e. The molecule has 2 heterocycles. The number of pyridine rings is 1. The molecule has 0 spiro atoms. The van der Waals surface area contributed by atoms with Crippen molar-refractivity contribution >= 4 is 22.3 Å². The second kappa shape index (κ2) is 6.76. The Hall–Kier alpha value is -1.81. The summed E-state index contributed by atoms with van der Waals surface area (Å²) in [7, 11) is 0. The third-order valence-corrected chi connectivity index (χ3v) is 4.24. The number of nitrogens with zero attached hydrogens (tertiary/aromatic N) is 2. The van der Waals surface area contributed by atoms with Crippen LogP contribution in [0.15, 0.2) is 30.5 Å². The Balaban J connectivity index is 1.64. The zero-order valence-corrected chi connectivity index (χ0v) is 12.5. The van der Waals surface area contributed by atoms with Gasteiger partial charge in [-0.25, -0.2) is 0 Å². The molecule has 0 radical (unpaired) electrons. The SMILES string of the molecule is Nc1ccc(NCCN2CCCCCC2)c2cccnc12. The van der Waals surface area contributed by atoms with Crippen LogP contribution < -0.4 is 11.1 Å². The van der Waals surface area contributed by atoms with Crippen molar-refractivity contribution in [3.8, 4) is 0 Å². The molecule has 1 aromatic heterocycles. The summed E-state index contributed by atoms with van der Waals surface area (Å²) in [6.07, 6.45) is 7.25. The van der Waals surface area contributed by atoms with Gasteiger partial charge < -0.3 is 16.0 Å². The number of likely N-dealkylation sites (tertiary alicyclic amines) is 1. The van der Waals surface area contributed by atoms with E-state index in [2.05, 4.69) is 27.3 Å². The molecule has 0 unspecified atom stereocenters. The van der Waals surface area contributed by atoms with Gasteiger partial charge in [-0.1, -0.05) is 12.8 Å². The van der Waals surface area contributed by atoms with Crippen molar-refractivity contribution in [3.05, 3.63) is 30.5 Å². The lowest BCUT2D eigenvalue weighted by Gasteiger charge is -2.20. The molecule has 1 saturated heterocycles. The molecule has 3 rings (SSSR count). The van der Waals surface area contributed by atoms with Crippen LogP contribution in [0.4, 0.5) is 11.4 Å². The molecular formula is C17H24N4. The average molecular weight is 284 g/mol. The predicted octanol–water partition coefficient (Wildman–Crippen LogP) is 3.10. The minimum absolute atomic E-state index is 0.740. The maximum atomic E-state index is 5.99. The van der Waals surface area contributed by atoms with E-state index in [-0.39, 0.29) is 0 Å². The van der Waals surface area contributed by atoms with Gasteiger partial charge in [-0.15, -0.1) is 0 Å². The van der Waals surface area contributed by atoms with Gasteiger partial charge >= 0.3 is 0 Å². The number of nitrogens with one attached hydrogen (secondary N) is 1. The Labute approximate surface area is 126 Å². The molecule has 2 aromatic rings. The van der Waals surface area contributed by atoms with Gasteiger partial charge in [-0.05, 0) is 50.2 Å². The summed E-state index contributed by atoms with van der Waals surface area (Å²) in [6, 6.07) is 8.03. The molecule has 3 N–H and O–H groups in total. The largest absolute Gasteiger partial charge is 0.397 e. The second-order valence-corrected chi connectivity index (χ2v) is 5.78. The summed E-state index contributed by atoms with van der Waals surface area (Å²) in [5.74, 6) is 0. The Kier molecular flexibility index (Phi) is 4.55. The van der Waals surface area contributed by atoms with Crippen molar-refractivity contribution < 1.29 is 0 Å². The summed E-state index contributed by atoms with van der Waals surface area (Å²) >= 11 is 0. The van der Waals surface area contributed by atoms with Gasteiger partial charge in [0.2, 0.25) is 0 Å². The highest BCUT2D eigenvalue weighted by molar-refractivity contribution is 5.98. The highest BCUT2D eigenvalue weighted by Crippen LogP contribution is 2.26. The second-order valence-electron chi connectivity index (χ2n) is 5.78. The maximum absolute atomic E-state index is 5.99. The van der Waals surface area contributed by atoms with Gasteiger partial charge in [0.05, 0.1) is 11.2 Å². The molecule has 21 heavy (non-hydrogen) atoms. The fraction of sp³-hybridized carbons (Fsp3) is 0.471. The van der Waals surface area contributed by atoms with Gasteiger partial charge in [0.1, 0.15) is 0 Å². The summed E-state index contributed by atoms with van der Waals surface area (Å²) in [6.45, 7) is 4.55.